The highest BCUT2D eigenvalue weighted by atomic mass is 16.5. The minimum Gasteiger partial charge on any atom is -0.469 e. The quantitative estimate of drug-likeness (QED) is 0.803. The van der Waals surface area contributed by atoms with Gasteiger partial charge in [-0.25, -0.2) is 0 Å². The van der Waals surface area contributed by atoms with E-state index in [0.29, 0.717) is 6.42 Å². The number of benzene rings is 1. The Kier molecular flexibility index (Phi) is 2.95. The lowest BCUT2D eigenvalue weighted by molar-refractivity contribution is -0.140. The van der Waals surface area contributed by atoms with E-state index < -0.39 is 0 Å². The van der Waals surface area contributed by atoms with Crippen LogP contribution in [0.5, 0.6) is 0 Å². The van der Waals surface area contributed by atoms with E-state index in [0.717, 1.165) is 17.6 Å². The first-order valence-electron chi connectivity index (χ1n) is 5.35. The summed E-state index contributed by atoms with van der Waals surface area (Å²) in [5, 5.41) is 1.20. The second-order valence-electron chi connectivity index (χ2n) is 3.85. The highest BCUT2D eigenvalue weighted by Gasteiger charge is 2.09. The fourth-order valence-corrected chi connectivity index (χ4v) is 1.99. The van der Waals surface area contributed by atoms with E-state index >= 15 is 0 Å². The Hall–Kier alpha value is -1.77. The molecule has 0 aliphatic carbocycles. The summed E-state index contributed by atoms with van der Waals surface area (Å²) >= 11 is 0. The molecule has 0 radical (unpaired) electrons. The van der Waals surface area contributed by atoms with Crippen molar-refractivity contribution in [3.8, 4) is 0 Å². The highest BCUT2D eigenvalue weighted by Crippen LogP contribution is 2.22. The van der Waals surface area contributed by atoms with Crippen LogP contribution in [0.2, 0.25) is 0 Å². The number of aryl methyl sites for hydroxylation is 2. The number of para-hydroxylation sites is 1. The number of methoxy groups -OCH3 is 1. The van der Waals surface area contributed by atoms with Crippen molar-refractivity contribution in [1.82, 2.24) is 4.98 Å². The van der Waals surface area contributed by atoms with Gasteiger partial charge in [0.15, 0.2) is 0 Å². The van der Waals surface area contributed by atoms with E-state index in [9.17, 15) is 4.79 Å². The van der Waals surface area contributed by atoms with Gasteiger partial charge in [-0.2, -0.15) is 0 Å². The zero-order chi connectivity index (χ0) is 11.5. The van der Waals surface area contributed by atoms with Gasteiger partial charge < -0.3 is 9.72 Å². The summed E-state index contributed by atoms with van der Waals surface area (Å²) in [6.07, 6.45) is 1.15. The van der Waals surface area contributed by atoms with Crippen LogP contribution in [-0.4, -0.2) is 18.1 Å². The van der Waals surface area contributed by atoms with Crippen LogP contribution in [0.1, 0.15) is 17.7 Å². The highest BCUT2D eigenvalue weighted by molar-refractivity contribution is 5.85. The van der Waals surface area contributed by atoms with Crippen molar-refractivity contribution in [2.24, 2.45) is 0 Å². The first-order valence-corrected chi connectivity index (χ1v) is 5.35. The van der Waals surface area contributed by atoms with Gasteiger partial charge in [-0.1, -0.05) is 18.2 Å². The number of aromatic amines is 1. The smallest absolute Gasteiger partial charge is 0.305 e. The summed E-state index contributed by atoms with van der Waals surface area (Å²) in [4.78, 5) is 14.4. The summed E-state index contributed by atoms with van der Waals surface area (Å²) < 4.78 is 4.65. The third-order valence-corrected chi connectivity index (χ3v) is 2.83. The predicted octanol–water partition coefficient (Wildman–Crippen LogP) is 2.58. The van der Waals surface area contributed by atoms with E-state index in [1.807, 2.05) is 25.1 Å². The normalized spacial score (nSPS) is 10.6. The largest absolute Gasteiger partial charge is 0.469 e. The third-order valence-electron chi connectivity index (χ3n) is 2.83. The topological polar surface area (TPSA) is 42.1 Å². The van der Waals surface area contributed by atoms with Crippen LogP contribution in [0.3, 0.4) is 0 Å². The number of carbonyl (C=O) groups is 1. The number of hydrogen-bond donors (Lipinski definition) is 1. The van der Waals surface area contributed by atoms with Gasteiger partial charge in [-0.15, -0.1) is 0 Å². The molecule has 0 atom stereocenters. The van der Waals surface area contributed by atoms with Crippen LogP contribution < -0.4 is 0 Å². The molecule has 1 aromatic heterocycles. The Morgan fingerprint density at radius 2 is 2.12 bits per heavy atom. The lowest BCUT2D eigenvalue weighted by Crippen LogP contribution is -2.02. The van der Waals surface area contributed by atoms with Gasteiger partial charge >= 0.3 is 5.97 Å². The fraction of sp³-hybridized carbons (Fsp3) is 0.308. The Morgan fingerprint density at radius 1 is 1.38 bits per heavy atom. The van der Waals surface area contributed by atoms with Gasteiger partial charge in [0.05, 0.1) is 7.11 Å². The van der Waals surface area contributed by atoms with Crippen molar-refractivity contribution in [1.29, 1.82) is 0 Å². The summed E-state index contributed by atoms with van der Waals surface area (Å²) in [5.41, 5.74) is 3.46. The van der Waals surface area contributed by atoms with Crippen LogP contribution >= 0.6 is 0 Å². The molecule has 1 N–H and O–H groups in total. The molecular weight excluding hydrogens is 202 g/mol. The predicted molar refractivity (Wildman–Crippen MR) is 63.4 cm³/mol. The Bertz CT molecular complexity index is 514. The van der Waals surface area contributed by atoms with Crippen molar-refractivity contribution in [3.05, 3.63) is 35.5 Å². The molecular formula is C13H15NO2. The van der Waals surface area contributed by atoms with Crippen LogP contribution in [0.25, 0.3) is 10.9 Å². The molecule has 0 saturated heterocycles. The van der Waals surface area contributed by atoms with Crippen LogP contribution in [0.4, 0.5) is 0 Å². The number of aromatic nitrogens is 1. The van der Waals surface area contributed by atoms with E-state index in [1.54, 1.807) is 0 Å². The first kappa shape index (κ1) is 10.7. The van der Waals surface area contributed by atoms with E-state index in [4.69, 9.17) is 0 Å². The lowest BCUT2D eigenvalue weighted by atomic mass is 10.1. The minimum absolute atomic E-state index is 0.162. The molecule has 0 unspecified atom stereocenters. The number of hydrogen-bond acceptors (Lipinski definition) is 2. The molecule has 3 nitrogen and oxygen atoms in total. The molecule has 0 fully saturated rings. The molecule has 0 spiro atoms. The number of rotatable bonds is 3. The Morgan fingerprint density at radius 3 is 2.88 bits per heavy atom. The standard InChI is InChI=1S/C13H15NO2/c1-9-10(7-8-13(15)16-2)11-5-3-4-6-12(11)14-9/h3-6,14H,7-8H2,1-2H3. The van der Waals surface area contributed by atoms with Crippen molar-refractivity contribution in [2.75, 3.05) is 7.11 Å². The second-order valence-corrected chi connectivity index (χ2v) is 3.85. The minimum atomic E-state index is -0.162. The van der Waals surface area contributed by atoms with Gasteiger partial charge in [-0.3, -0.25) is 4.79 Å². The van der Waals surface area contributed by atoms with Gasteiger partial charge in [0.2, 0.25) is 0 Å². The summed E-state index contributed by atoms with van der Waals surface area (Å²) in [6.45, 7) is 2.03. The monoisotopic (exact) mass is 217 g/mol. The average Bonchev–Trinajstić information content (AvgIpc) is 2.62. The van der Waals surface area contributed by atoms with E-state index in [1.165, 1.54) is 18.1 Å². The first-order chi connectivity index (χ1) is 7.72. The maximum atomic E-state index is 11.1. The van der Waals surface area contributed by atoms with Crippen molar-refractivity contribution < 1.29 is 9.53 Å². The molecule has 1 aromatic carbocycles. The van der Waals surface area contributed by atoms with Gasteiger partial charge in [0.25, 0.3) is 0 Å². The molecule has 2 rings (SSSR count). The van der Waals surface area contributed by atoms with Crippen LogP contribution in [-0.2, 0) is 16.0 Å². The molecule has 3 heteroatoms. The van der Waals surface area contributed by atoms with Crippen molar-refractivity contribution in [2.45, 2.75) is 19.8 Å². The molecule has 2 aromatic rings. The van der Waals surface area contributed by atoms with Crippen molar-refractivity contribution in [3.63, 3.8) is 0 Å². The maximum Gasteiger partial charge on any atom is 0.305 e. The molecule has 0 amide bonds. The second kappa shape index (κ2) is 4.39. The van der Waals surface area contributed by atoms with Crippen LogP contribution in [0.15, 0.2) is 24.3 Å². The number of ether oxygens (including phenoxy) is 1. The maximum absolute atomic E-state index is 11.1. The van der Waals surface area contributed by atoms with Crippen molar-refractivity contribution >= 4 is 16.9 Å². The fourth-order valence-electron chi connectivity index (χ4n) is 1.99. The molecule has 0 bridgehead atoms. The van der Waals surface area contributed by atoms with E-state index in [-0.39, 0.29) is 5.97 Å². The summed E-state index contributed by atoms with van der Waals surface area (Å²) in [5.74, 6) is -0.162. The third kappa shape index (κ3) is 1.94. The zero-order valence-electron chi connectivity index (χ0n) is 9.54. The molecule has 1 heterocycles. The average molecular weight is 217 g/mol. The zero-order valence-corrected chi connectivity index (χ0v) is 9.54. The van der Waals surface area contributed by atoms with Crippen LogP contribution in [0, 0.1) is 6.92 Å². The summed E-state index contributed by atoms with van der Waals surface area (Å²) in [7, 11) is 1.42. The van der Waals surface area contributed by atoms with Gasteiger partial charge in [0, 0.05) is 23.0 Å². The SMILES string of the molecule is COC(=O)CCc1c(C)[nH]c2ccccc12. The molecule has 16 heavy (non-hydrogen) atoms. The summed E-state index contributed by atoms with van der Waals surface area (Å²) in [6, 6.07) is 8.13. The lowest BCUT2D eigenvalue weighted by Gasteiger charge is -2.00. The number of H-pyrrole nitrogens is 1. The molecule has 0 aliphatic heterocycles. The van der Waals surface area contributed by atoms with E-state index in [2.05, 4.69) is 15.8 Å². The van der Waals surface area contributed by atoms with Gasteiger partial charge in [0.1, 0.15) is 0 Å². The Balaban J connectivity index is 2.29. The number of fused-ring (bicyclic) bond motifs is 1. The molecule has 0 saturated carbocycles. The number of nitrogens with one attached hydrogen (secondary N) is 1. The Labute approximate surface area is 94.4 Å². The molecule has 84 valence electrons. The number of carbonyl (C=O) groups excluding carboxylic acids is 1. The van der Waals surface area contributed by atoms with Gasteiger partial charge in [-0.05, 0) is 25.0 Å². The molecule has 0 aliphatic rings. The number of esters is 1.